The Labute approximate surface area is 317 Å². The molecule has 0 fully saturated rings. The second kappa shape index (κ2) is 42.5. The summed E-state index contributed by atoms with van der Waals surface area (Å²) in [5.74, 6) is -0.0785. The number of aliphatic hydroxyl groups excluding tert-OH is 2. The van der Waals surface area contributed by atoms with Gasteiger partial charge in [0.25, 0.3) is 0 Å². The van der Waals surface area contributed by atoms with Gasteiger partial charge in [-0.15, -0.1) is 0 Å². The number of nitrogens with one attached hydrogen (secondary N) is 1. The van der Waals surface area contributed by atoms with Crippen molar-refractivity contribution in [1.29, 1.82) is 0 Å². The van der Waals surface area contributed by atoms with Crippen LogP contribution in [0.2, 0.25) is 0 Å². The summed E-state index contributed by atoms with van der Waals surface area (Å²) in [7, 11) is 0. The van der Waals surface area contributed by atoms with Crippen LogP contribution in [0.1, 0.15) is 213 Å². The lowest BCUT2D eigenvalue weighted by molar-refractivity contribution is -0.123. The molecule has 51 heavy (non-hydrogen) atoms. The van der Waals surface area contributed by atoms with E-state index in [1.54, 1.807) is 6.08 Å². The van der Waals surface area contributed by atoms with E-state index in [4.69, 9.17) is 0 Å². The lowest BCUT2D eigenvalue weighted by Gasteiger charge is -2.19. The molecule has 0 spiro atoms. The van der Waals surface area contributed by atoms with Gasteiger partial charge in [-0.05, 0) is 70.6 Å². The average molecular weight is 712 g/mol. The predicted molar refractivity (Wildman–Crippen MR) is 225 cm³/mol. The molecule has 0 heterocycles. The fraction of sp³-hybridized carbons (Fsp3) is 0.766. The number of allylic oxidation sites excluding steroid dienone is 9. The molecule has 0 rings (SSSR count). The van der Waals surface area contributed by atoms with Crippen LogP contribution in [-0.4, -0.2) is 34.9 Å². The zero-order valence-electron chi connectivity index (χ0n) is 33.9. The van der Waals surface area contributed by atoms with Crippen LogP contribution < -0.4 is 5.32 Å². The third-order valence-corrected chi connectivity index (χ3v) is 9.72. The predicted octanol–water partition coefficient (Wildman–Crippen LogP) is 13.7. The number of aliphatic hydroxyl groups is 2. The third-order valence-electron chi connectivity index (χ3n) is 9.72. The molecule has 2 atom stereocenters. The Hall–Kier alpha value is -1.91. The van der Waals surface area contributed by atoms with Gasteiger partial charge in [0.05, 0.1) is 18.8 Å². The second-order valence-corrected chi connectivity index (χ2v) is 14.8. The Morgan fingerprint density at radius 1 is 0.471 bits per heavy atom. The normalized spacial score (nSPS) is 13.6. The maximum atomic E-state index is 12.3. The zero-order chi connectivity index (χ0) is 37.1. The van der Waals surface area contributed by atoms with E-state index in [-0.39, 0.29) is 12.5 Å². The quantitative estimate of drug-likeness (QED) is 0.0439. The van der Waals surface area contributed by atoms with Crippen molar-refractivity contribution in [2.75, 3.05) is 6.61 Å². The number of carbonyl (C=O) groups is 1. The average Bonchev–Trinajstić information content (AvgIpc) is 3.13. The van der Waals surface area contributed by atoms with Gasteiger partial charge in [-0.1, -0.05) is 197 Å². The highest BCUT2D eigenvalue weighted by molar-refractivity contribution is 5.76. The SMILES string of the molecule is CCCCCC/C=C/CC/C=C/C(O)C(CO)NC(=O)CCCCCCCCCCCCCCCC/C=C\C/C=C\C/C=C\CCCCCCC. The van der Waals surface area contributed by atoms with Crippen LogP contribution in [0.3, 0.4) is 0 Å². The van der Waals surface area contributed by atoms with Crippen LogP contribution in [0.15, 0.2) is 60.8 Å². The fourth-order valence-corrected chi connectivity index (χ4v) is 6.32. The van der Waals surface area contributed by atoms with Gasteiger partial charge in [-0.2, -0.15) is 0 Å². The molecule has 296 valence electrons. The Morgan fingerprint density at radius 3 is 1.29 bits per heavy atom. The van der Waals surface area contributed by atoms with Crippen LogP contribution in [0.4, 0.5) is 0 Å². The van der Waals surface area contributed by atoms with Crippen molar-refractivity contribution in [2.24, 2.45) is 0 Å². The molecular weight excluding hydrogens is 627 g/mol. The van der Waals surface area contributed by atoms with Crippen molar-refractivity contribution in [3.63, 3.8) is 0 Å². The Kier molecular flexibility index (Phi) is 40.9. The second-order valence-electron chi connectivity index (χ2n) is 14.8. The highest BCUT2D eigenvalue weighted by atomic mass is 16.3. The number of unbranched alkanes of at least 4 members (excludes halogenated alkanes) is 24. The van der Waals surface area contributed by atoms with Gasteiger partial charge in [0.2, 0.25) is 5.91 Å². The van der Waals surface area contributed by atoms with Crippen LogP contribution in [-0.2, 0) is 4.79 Å². The molecule has 2 unspecified atom stereocenters. The van der Waals surface area contributed by atoms with Crippen LogP contribution in [0.5, 0.6) is 0 Å². The summed E-state index contributed by atoms with van der Waals surface area (Å²) in [5, 5.41) is 22.9. The summed E-state index contributed by atoms with van der Waals surface area (Å²) in [4.78, 5) is 12.3. The molecule has 0 saturated carbocycles. The highest BCUT2D eigenvalue weighted by Gasteiger charge is 2.17. The van der Waals surface area contributed by atoms with Crippen LogP contribution >= 0.6 is 0 Å². The molecule has 3 N–H and O–H groups in total. The summed E-state index contributed by atoms with van der Waals surface area (Å²) < 4.78 is 0. The van der Waals surface area contributed by atoms with Gasteiger partial charge in [-0.3, -0.25) is 4.79 Å². The molecule has 1 amide bonds. The van der Waals surface area contributed by atoms with E-state index in [1.807, 2.05) is 6.08 Å². The molecule has 0 bridgehead atoms. The zero-order valence-corrected chi connectivity index (χ0v) is 33.9. The monoisotopic (exact) mass is 712 g/mol. The van der Waals surface area contributed by atoms with E-state index in [0.717, 1.165) is 44.9 Å². The number of carbonyl (C=O) groups excluding carboxylic acids is 1. The van der Waals surface area contributed by atoms with E-state index in [9.17, 15) is 15.0 Å². The molecule has 4 nitrogen and oxygen atoms in total. The van der Waals surface area contributed by atoms with Gasteiger partial charge in [0.15, 0.2) is 0 Å². The van der Waals surface area contributed by atoms with Crippen LogP contribution in [0.25, 0.3) is 0 Å². The standard InChI is InChI=1S/C47H85NO3/c1-3-5-7-9-11-13-15-16-17-18-19-20-21-22-23-24-25-26-27-28-29-30-31-32-33-35-37-39-41-43-47(51)48-45(44-49)46(50)42-40-38-36-34-14-12-10-8-6-4-2/h14-16,18-19,21-22,34,40,42,45-46,49-50H,3-13,17,20,23-33,35-39,41,43-44H2,1-2H3,(H,48,51)/b16-15-,19-18-,22-21-,34-14+,42-40+. The lowest BCUT2D eigenvalue weighted by Crippen LogP contribution is -2.45. The minimum Gasteiger partial charge on any atom is -0.394 e. The molecule has 0 aromatic heterocycles. The molecule has 0 saturated heterocycles. The van der Waals surface area contributed by atoms with Crippen molar-refractivity contribution in [1.82, 2.24) is 5.32 Å². The smallest absolute Gasteiger partial charge is 0.220 e. The molecule has 0 radical (unpaired) electrons. The summed E-state index contributed by atoms with van der Waals surface area (Å²) >= 11 is 0. The maximum Gasteiger partial charge on any atom is 0.220 e. The third kappa shape index (κ3) is 39.1. The number of amides is 1. The Balaban J connectivity index is 3.52. The van der Waals surface area contributed by atoms with Crippen molar-refractivity contribution >= 4 is 5.91 Å². The minimum atomic E-state index is -0.861. The first-order valence-electron chi connectivity index (χ1n) is 22.0. The molecule has 0 aliphatic heterocycles. The van der Waals surface area contributed by atoms with Gasteiger partial charge in [-0.25, -0.2) is 0 Å². The van der Waals surface area contributed by atoms with Crippen molar-refractivity contribution in [2.45, 2.75) is 225 Å². The van der Waals surface area contributed by atoms with E-state index in [2.05, 4.69) is 67.8 Å². The first-order valence-corrected chi connectivity index (χ1v) is 22.0. The fourth-order valence-electron chi connectivity index (χ4n) is 6.32. The lowest BCUT2D eigenvalue weighted by atomic mass is 10.0. The van der Waals surface area contributed by atoms with Crippen molar-refractivity contribution in [3.05, 3.63) is 60.8 Å². The summed E-state index contributed by atoms with van der Waals surface area (Å²) in [6.45, 7) is 4.24. The first kappa shape index (κ1) is 49.1. The Bertz CT molecular complexity index is 858. The van der Waals surface area contributed by atoms with E-state index < -0.39 is 12.1 Å². The molecule has 0 aromatic rings. The van der Waals surface area contributed by atoms with E-state index in [1.165, 1.54) is 148 Å². The maximum absolute atomic E-state index is 12.3. The first-order chi connectivity index (χ1) is 25.2. The summed E-state index contributed by atoms with van der Waals surface area (Å²) in [6, 6.07) is -0.638. The van der Waals surface area contributed by atoms with Gasteiger partial charge in [0.1, 0.15) is 0 Å². The van der Waals surface area contributed by atoms with E-state index in [0.29, 0.717) is 6.42 Å². The Morgan fingerprint density at radius 2 is 0.824 bits per heavy atom. The van der Waals surface area contributed by atoms with E-state index >= 15 is 0 Å². The minimum absolute atomic E-state index is 0.0785. The number of rotatable bonds is 39. The van der Waals surface area contributed by atoms with Crippen LogP contribution in [0, 0.1) is 0 Å². The molecule has 0 aliphatic rings. The molecule has 0 aromatic carbocycles. The van der Waals surface area contributed by atoms with Gasteiger partial charge < -0.3 is 15.5 Å². The number of hydrogen-bond donors (Lipinski definition) is 3. The van der Waals surface area contributed by atoms with Crippen molar-refractivity contribution in [3.8, 4) is 0 Å². The largest absolute Gasteiger partial charge is 0.394 e. The number of hydrogen-bond acceptors (Lipinski definition) is 3. The van der Waals surface area contributed by atoms with Gasteiger partial charge in [0, 0.05) is 6.42 Å². The summed E-state index contributed by atoms with van der Waals surface area (Å²) in [6.07, 6.45) is 59.1. The molecule has 4 heteroatoms. The molecule has 0 aliphatic carbocycles. The summed E-state index contributed by atoms with van der Waals surface area (Å²) in [5.41, 5.74) is 0. The van der Waals surface area contributed by atoms with Gasteiger partial charge >= 0.3 is 0 Å². The topological polar surface area (TPSA) is 69.6 Å². The molecular formula is C47H85NO3. The highest BCUT2D eigenvalue weighted by Crippen LogP contribution is 2.14. The van der Waals surface area contributed by atoms with Crippen molar-refractivity contribution < 1.29 is 15.0 Å².